The first-order valence-corrected chi connectivity index (χ1v) is 7.50. The van der Waals surface area contributed by atoms with Crippen molar-refractivity contribution in [3.05, 3.63) is 48.2 Å². The van der Waals surface area contributed by atoms with E-state index >= 15 is 0 Å². The van der Waals surface area contributed by atoms with Crippen LogP contribution in [0.3, 0.4) is 0 Å². The van der Waals surface area contributed by atoms with Crippen LogP contribution in [-0.4, -0.2) is 22.6 Å². The molecule has 0 saturated heterocycles. The first kappa shape index (κ1) is 13.6. The summed E-state index contributed by atoms with van der Waals surface area (Å²) in [6.07, 6.45) is 2.10. The van der Waals surface area contributed by atoms with Crippen molar-refractivity contribution in [3.8, 4) is 0 Å². The lowest BCUT2D eigenvalue weighted by Gasteiger charge is -2.09. The van der Waals surface area contributed by atoms with Gasteiger partial charge in [0.25, 0.3) is 5.91 Å². The Bertz CT molecular complexity index is 689. The Morgan fingerprint density at radius 1 is 1.29 bits per heavy atom. The number of carbonyl (C=O) groups excluding carboxylic acids is 2. The highest BCUT2D eigenvalue weighted by molar-refractivity contribution is 7.99. The van der Waals surface area contributed by atoms with E-state index in [4.69, 9.17) is 0 Å². The molecule has 1 aliphatic rings. The maximum Gasteiger partial charge on any atom is 0.256 e. The standard InChI is InChI=1S/C15H13N3O2S/c19-14-6-8-21-12-5-4-10(9-11(12)17-14)15(20)18-13-3-1-2-7-16-13/h1-5,7,9H,6,8H2,(H,17,19)(H,16,18,20). The average Bonchev–Trinajstić information content (AvgIpc) is 2.68. The average molecular weight is 299 g/mol. The molecule has 2 amide bonds. The van der Waals surface area contributed by atoms with Crippen molar-refractivity contribution in [1.29, 1.82) is 0 Å². The summed E-state index contributed by atoms with van der Waals surface area (Å²) < 4.78 is 0. The molecule has 1 aromatic carbocycles. The second kappa shape index (κ2) is 5.97. The van der Waals surface area contributed by atoms with Crippen molar-refractivity contribution in [2.45, 2.75) is 11.3 Å². The molecule has 5 nitrogen and oxygen atoms in total. The summed E-state index contributed by atoms with van der Waals surface area (Å²) >= 11 is 1.61. The summed E-state index contributed by atoms with van der Waals surface area (Å²) in [7, 11) is 0. The Kier molecular flexibility index (Phi) is 3.87. The van der Waals surface area contributed by atoms with E-state index in [0.717, 1.165) is 10.6 Å². The molecule has 2 aromatic rings. The number of rotatable bonds is 2. The van der Waals surface area contributed by atoms with Gasteiger partial charge >= 0.3 is 0 Å². The minimum absolute atomic E-state index is 0.0245. The maximum atomic E-state index is 12.2. The summed E-state index contributed by atoms with van der Waals surface area (Å²) in [6, 6.07) is 10.6. The number of nitrogens with one attached hydrogen (secondary N) is 2. The van der Waals surface area contributed by atoms with Gasteiger partial charge in [-0.3, -0.25) is 9.59 Å². The number of amides is 2. The Morgan fingerprint density at radius 3 is 3.00 bits per heavy atom. The molecule has 0 aliphatic carbocycles. The highest BCUT2D eigenvalue weighted by Crippen LogP contribution is 2.31. The van der Waals surface area contributed by atoms with Gasteiger partial charge in [0.1, 0.15) is 5.82 Å². The smallest absolute Gasteiger partial charge is 0.256 e. The van der Waals surface area contributed by atoms with Gasteiger partial charge in [-0.2, -0.15) is 0 Å². The fourth-order valence-corrected chi connectivity index (χ4v) is 2.92. The SMILES string of the molecule is O=C1CCSc2ccc(C(=O)Nc3ccccn3)cc2N1. The van der Waals surface area contributed by atoms with Gasteiger partial charge in [0.05, 0.1) is 5.69 Å². The minimum atomic E-state index is -0.250. The first-order chi connectivity index (χ1) is 10.2. The number of hydrogen-bond donors (Lipinski definition) is 2. The molecule has 2 heterocycles. The molecule has 0 unspecified atom stereocenters. The number of benzene rings is 1. The number of nitrogens with zero attached hydrogens (tertiary/aromatic N) is 1. The van der Waals surface area contributed by atoms with Crippen LogP contribution in [0.15, 0.2) is 47.5 Å². The Hall–Kier alpha value is -2.34. The van der Waals surface area contributed by atoms with Crippen molar-refractivity contribution in [1.82, 2.24) is 4.98 Å². The van der Waals surface area contributed by atoms with Gasteiger partial charge in [0.2, 0.25) is 5.91 Å². The van der Waals surface area contributed by atoms with Crippen molar-refractivity contribution in [2.24, 2.45) is 0 Å². The number of anilines is 2. The number of pyridine rings is 1. The van der Waals surface area contributed by atoms with Crippen molar-refractivity contribution in [2.75, 3.05) is 16.4 Å². The van der Waals surface area contributed by atoms with Crippen LogP contribution in [0.5, 0.6) is 0 Å². The number of fused-ring (bicyclic) bond motifs is 1. The molecule has 1 aliphatic heterocycles. The summed E-state index contributed by atoms with van der Waals surface area (Å²) in [6.45, 7) is 0. The van der Waals surface area contributed by atoms with Crippen molar-refractivity contribution in [3.63, 3.8) is 0 Å². The summed E-state index contributed by atoms with van der Waals surface area (Å²) in [5.74, 6) is 0.970. The lowest BCUT2D eigenvalue weighted by Crippen LogP contribution is -2.14. The van der Waals surface area contributed by atoms with E-state index < -0.39 is 0 Å². The van der Waals surface area contributed by atoms with Crippen LogP contribution >= 0.6 is 11.8 Å². The second-order valence-electron chi connectivity index (χ2n) is 4.53. The Balaban J connectivity index is 1.83. The lowest BCUT2D eigenvalue weighted by atomic mass is 10.2. The van der Waals surface area contributed by atoms with Crippen LogP contribution in [0.4, 0.5) is 11.5 Å². The number of carbonyl (C=O) groups is 2. The van der Waals surface area contributed by atoms with Gasteiger partial charge in [-0.15, -0.1) is 11.8 Å². The van der Waals surface area contributed by atoms with Crippen LogP contribution in [0.25, 0.3) is 0 Å². The Labute approximate surface area is 126 Å². The zero-order valence-corrected chi connectivity index (χ0v) is 11.9. The van der Waals surface area contributed by atoms with Gasteiger partial charge in [0, 0.05) is 28.8 Å². The summed E-state index contributed by atoms with van der Waals surface area (Å²) in [4.78, 5) is 28.8. The molecule has 0 spiro atoms. The van der Waals surface area contributed by atoms with E-state index in [1.165, 1.54) is 0 Å². The zero-order valence-electron chi connectivity index (χ0n) is 11.1. The normalized spacial score (nSPS) is 13.8. The van der Waals surface area contributed by atoms with E-state index in [1.807, 2.05) is 6.07 Å². The Morgan fingerprint density at radius 2 is 2.19 bits per heavy atom. The molecule has 0 radical (unpaired) electrons. The van der Waals surface area contributed by atoms with Crippen LogP contribution in [0.2, 0.25) is 0 Å². The molecule has 6 heteroatoms. The van der Waals surface area contributed by atoms with E-state index in [1.54, 1.807) is 48.3 Å². The lowest BCUT2D eigenvalue weighted by molar-refractivity contribution is -0.115. The van der Waals surface area contributed by atoms with Crippen LogP contribution in [0.1, 0.15) is 16.8 Å². The summed E-state index contributed by atoms with van der Waals surface area (Å²) in [5.41, 5.74) is 1.18. The monoisotopic (exact) mass is 299 g/mol. The second-order valence-corrected chi connectivity index (χ2v) is 5.66. The topological polar surface area (TPSA) is 71.1 Å². The van der Waals surface area contributed by atoms with E-state index in [0.29, 0.717) is 23.5 Å². The number of thioether (sulfide) groups is 1. The largest absolute Gasteiger partial charge is 0.325 e. The zero-order chi connectivity index (χ0) is 14.7. The molecule has 21 heavy (non-hydrogen) atoms. The highest BCUT2D eigenvalue weighted by atomic mass is 32.2. The van der Waals surface area contributed by atoms with E-state index in [2.05, 4.69) is 15.6 Å². The third-order valence-electron chi connectivity index (χ3n) is 3.01. The molecule has 0 atom stereocenters. The van der Waals surface area contributed by atoms with Crippen LogP contribution in [-0.2, 0) is 4.79 Å². The van der Waals surface area contributed by atoms with Gasteiger partial charge < -0.3 is 10.6 Å². The van der Waals surface area contributed by atoms with E-state index in [9.17, 15) is 9.59 Å². The highest BCUT2D eigenvalue weighted by Gasteiger charge is 2.15. The fraction of sp³-hybridized carbons (Fsp3) is 0.133. The predicted molar refractivity (Wildman–Crippen MR) is 82.6 cm³/mol. The number of hydrogen-bond acceptors (Lipinski definition) is 4. The van der Waals surface area contributed by atoms with Crippen molar-refractivity contribution >= 4 is 35.1 Å². The van der Waals surface area contributed by atoms with Crippen LogP contribution in [0, 0.1) is 0 Å². The van der Waals surface area contributed by atoms with Crippen LogP contribution < -0.4 is 10.6 Å². The molecule has 106 valence electrons. The van der Waals surface area contributed by atoms with Gasteiger partial charge in [-0.05, 0) is 30.3 Å². The van der Waals surface area contributed by atoms with Gasteiger partial charge in [-0.1, -0.05) is 6.07 Å². The van der Waals surface area contributed by atoms with Crippen molar-refractivity contribution < 1.29 is 9.59 Å². The first-order valence-electron chi connectivity index (χ1n) is 6.51. The minimum Gasteiger partial charge on any atom is -0.325 e. The molecular formula is C15H13N3O2S. The third kappa shape index (κ3) is 3.22. The molecular weight excluding hydrogens is 286 g/mol. The molecule has 2 N–H and O–H groups in total. The maximum absolute atomic E-state index is 12.2. The fourth-order valence-electron chi connectivity index (χ4n) is 1.99. The molecule has 3 rings (SSSR count). The number of aromatic nitrogens is 1. The predicted octanol–water partition coefficient (Wildman–Crippen LogP) is 2.77. The molecule has 0 saturated carbocycles. The molecule has 0 fully saturated rings. The van der Waals surface area contributed by atoms with Gasteiger partial charge in [0.15, 0.2) is 0 Å². The third-order valence-corrected chi connectivity index (χ3v) is 4.08. The van der Waals surface area contributed by atoms with Gasteiger partial charge in [-0.25, -0.2) is 4.98 Å². The molecule has 0 bridgehead atoms. The summed E-state index contributed by atoms with van der Waals surface area (Å²) in [5, 5.41) is 5.55. The quantitative estimate of drug-likeness (QED) is 0.894. The molecule has 1 aromatic heterocycles. The van der Waals surface area contributed by atoms with E-state index in [-0.39, 0.29) is 11.8 Å².